The maximum Gasteiger partial charge on any atom is 3.00 e. The minimum Gasteiger partial charge on any atom is -0.871 e. The number of para-hydroxylation sites is 12. The second-order valence-electron chi connectivity index (χ2n) is 15.1. The molecule has 0 atom stereocenters. The first-order valence-corrected chi connectivity index (χ1v) is 26.6. The number of aliphatic imine (C=N–C) groups is 4. The fraction of sp³-hybridized carbons (Fsp3) is 0.133. The minimum atomic E-state index is -1.75. The Morgan fingerprint density at radius 2 is 0.489 bits per heavy atom. The molecule has 0 aliphatic heterocycles. The van der Waals surface area contributed by atoms with Crippen LogP contribution >= 0.6 is 46.4 Å². The van der Waals surface area contributed by atoms with Gasteiger partial charge in [0.2, 0.25) is 0 Å². The van der Waals surface area contributed by atoms with Crippen molar-refractivity contribution in [1.29, 1.82) is 0 Å². The first-order chi connectivity index (χ1) is 43.2. The zero-order valence-electron chi connectivity index (χ0n) is 50.4. The molecule has 0 heterocycles. The second kappa shape index (κ2) is 61.2. The minimum absolute atomic E-state index is 0. The molecular weight excluding hydrogens is 1720 g/mol. The van der Waals surface area contributed by atoms with Crippen molar-refractivity contribution in [1.82, 2.24) is 0 Å². The summed E-state index contributed by atoms with van der Waals surface area (Å²) in [5.41, 5.74) is 2.77. The summed E-state index contributed by atoms with van der Waals surface area (Å²) < 4.78 is 19.7. The maximum atomic E-state index is 11.8. The van der Waals surface area contributed by atoms with Crippen molar-refractivity contribution < 1.29 is 195 Å². The van der Waals surface area contributed by atoms with Gasteiger partial charge >= 0.3 is 115 Å². The van der Waals surface area contributed by atoms with Gasteiger partial charge in [-0.25, -0.2) is 0 Å². The number of aliphatic hydroxyl groups excluding tert-OH is 2. The number of alkyl halides is 4. The summed E-state index contributed by atoms with van der Waals surface area (Å²) in [4.78, 5) is 32.6. The van der Waals surface area contributed by atoms with E-state index in [0.29, 0.717) is 45.0 Å². The topological polar surface area (TPSA) is 444 Å². The molecule has 8 rings (SSSR count). The van der Waals surface area contributed by atoms with Gasteiger partial charge in [-0.2, -0.15) is 0 Å². The van der Waals surface area contributed by atoms with Crippen LogP contribution in [0.25, 0.3) is 0 Å². The quantitative estimate of drug-likeness (QED) is 0.0385. The third-order valence-corrected chi connectivity index (χ3v) is 9.75. The second-order valence-corrected chi connectivity index (χ2v) is 16.7. The zero-order valence-corrected chi connectivity index (χ0v) is 63.4. The van der Waals surface area contributed by atoms with E-state index < -0.39 is 10.2 Å². The van der Waals surface area contributed by atoms with Crippen molar-refractivity contribution in [2.75, 3.05) is 53.3 Å². The van der Waals surface area contributed by atoms with Gasteiger partial charge in [0.15, 0.2) is 0 Å². The first kappa shape index (κ1) is 98.4. The summed E-state index contributed by atoms with van der Waals surface area (Å²) in [6, 6.07) is 45.2. The van der Waals surface area contributed by atoms with Gasteiger partial charge in [0.1, 0.15) is 23.0 Å². The van der Waals surface area contributed by atoms with Crippen LogP contribution in [0.1, 0.15) is 22.3 Å². The molecule has 0 bridgehead atoms. The Balaban J connectivity index is -0.000000249. The fourth-order valence-electron chi connectivity index (χ4n) is 5.99. The van der Waals surface area contributed by atoms with Crippen molar-refractivity contribution >= 4 is 94.0 Å². The zero-order chi connectivity index (χ0) is 68.4. The van der Waals surface area contributed by atoms with Crippen LogP contribution in [0.5, 0.6) is 69.0 Å². The van der Waals surface area contributed by atoms with Crippen LogP contribution in [0.3, 0.4) is 0 Å². The van der Waals surface area contributed by atoms with E-state index in [1.165, 1.54) is 77.6 Å². The number of ether oxygens (including phenoxy) is 4. The molecule has 34 heteroatoms. The Labute approximate surface area is 647 Å². The van der Waals surface area contributed by atoms with Crippen LogP contribution in [-0.2, 0) is 39.0 Å². The number of benzene rings is 8. The van der Waals surface area contributed by atoms with E-state index in [9.17, 15) is 40.9 Å². The van der Waals surface area contributed by atoms with Gasteiger partial charge in [0, 0.05) is 39.1 Å². The standard InChI is InChI=1S/4C14H13NO3.2CH2Cl2.2CH4O.2Dy.2NO3.2Zn/c4*1-18-13-8-4-5-10(14(13)17)9-15-11-6-2-3-7-12(11)16;2*2-1-3;2*1-2;;;2*2-1(3)4;;/h4*2-9,16-17H,1H3;2*1H2;2*2H,1H3;;;;;;/q;;;;;;;;2*+3;2*-1;2*+2/p-8. The summed E-state index contributed by atoms with van der Waals surface area (Å²) in [6.07, 6.45) is 5.51. The smallest absolute Gasteiger partial charge is 0.871 e. The number of rotatable bonds is 12. The molecule has 94 heavy (non-hydrogen) atoms. The number of methoxy groups -OCH3 is 4. The van der Waals surface area contributed by atoms with Crippen molar-refractivity contribution in [3.8, 4) is 69.0 Å². The Morgan fingerprint density at radius 1 is 0.340 bits per heavy atom. The van der Waals surface area contributed by atoms with E-state index in [1.807, 2.05) is 0 Å². The molecule has 0 saturated heterocycles. The molecule has 0 saturated carbocycles. The van der Waals surface area contributed by atoms with Crippen LogP contribution in [-0.4, -0.2) is 98.6 Å². The fourth-order valence-corrected chi connectivity index (χ4v) is 5.99. The Hall–Kier alpha value is -6.69. The van der Waals surface area contributed by atoms with Crippen molar-refractivity contribution in [2.45, 2.75) is 0 Å². The molecule has 0 amide bonds. The molecule has 2 N–H and O–H groups in total. The summed E-state index contributed by atoms with van der Waals surface area (Å²) in [5.74, 6) is -0.646. The number of nitrogens with zero attached hydrogens (tertiary/aromatic N) is 6. The van der Waals surface area contributed by atoms with Crippen LogP contribution in [0.4, 0.5) is 22.7 Å². The van der Waals surface area contributed by atoms with Crippen molar-refractivity contribution in [3.05, 3.63) is 223 Å². The molecule has 0 aromatic heterocycles. The van der Waals surface area contributed by atoms with Crippen molar-refractivity contribution in [2.24, 2.45) is 20.0 Å². The van der Waals surface area contributed by atoms with Crippen LogP contribution in [0.15, 0.2) is 190 Å². The van der Waals surface area contributed by atoms with E-state index in [0.717, 1.165) is 14.2 Å². The Bertz CT molecular complexity index is 3040. The average molecular weight is 1780 g/mol. The third-order valence-electron chi connectivity index (χ3n) is 9.75. The number of halogens is 4. The molecule has 2 radical (unpaired) electrons. The van der Waals surface area contributed by atoms with E-state index in [1.54, 1.807) is 146 Å². The van der Waals surface area contributed by atoms with Gasteiger partial charge in [0.25, 0.3) is 0 Å². The van der Waals surface area contributed by atoms with Crippen LogP contribution in [0.2, 0.25) is 0 Å². The summed E-state index contributed by atoms with van der Waals surface area (Å²) >= 11 is 19.1. The molecule has 8 aromatic rings. The molecule has 8 aromatic carbocycles. The molecule has 498 valence electrons. The predicted octanol–water partition coefficient (Wildman–Crippen LogP) is 7.95. The molecule has 0 spiro atoms. The van der Waals surface area contributed by atoms with E-state index in [-0.39, 0.29) is 195 Å². The summed E-state index contributed by atoms with van der Waals surface area (Å²) in [7, 11) is 7.74. The number of hydrogen-bond donors (Lipinski definition) is 2. The summed E-state index contributed by atoms with van der Waals surface area (Å²) in [5, 5.41) is 137. The normalized spacial score (nSPS) is 9.23. The van der Waals surface area contributed by atoms with Gasteiger partial charge in [0.05, 0.1) is 72.0 Å². The van der Waals surface area contributed by atoms with Crippen LogP contribution in [0, 0.1) is 107 Å². The Kier molecular flexibility index (Phi) is 64.1. The average Bonchev–Trinajstić information content (AvgIpc) is 1.23. The van der Waals surface area contributed by atoms with E-state index >= 15 is 0 Å². The molecular formula is C60H56Cl4Dy2N6O20Zn2. The number of aliphatic hydroxyl groups is 2. The SMILES string of the molecule is CO.CO.COc1cccc(C=Nc2ccccc2[O-])c1[O-].COc1cccc(C=Nc2ccccc2[O-])c1[O-].COc1cccc(C=Nc2ccccc2[O-])c1[O-].COc1cccc(C=Nc2ccccc2[O-])c1[O-].ClCCl.ClCCl.O=[N+]([O-])[O-].O=[N+]([O-])[O-].[Dy+3].[Dy+3].[Zn+2].[Zn+2]. The molecule has 0 aliphatic rings. The number of hydrogen-bond acceptors (Lipinski definition) is 24. The monoisotopic (exact) mass is 1780 g/mol. The largest absolute Gasteiger partial charge is 3.00 e. The van der Waals surface area contributed by atoms with Crippen LogP contribution < -0.4 is 59.8 Å². The van der Waals surface area contributed by atoms with Gasteiger partial charge in [-0.05, 0) is 70.8 Å². The van der Waals surface area contributed by atoms with E-state index in [2.05, 4.69) is 20.0 Å². The molecule has 26 nitrogen and oxygen atoms in total. The van der Waals surface area contributed by atoms with E-state index in [4.69, 9.17) is 106 Å². The third kappa shape index (κ3) is 41.2. The van der Waals surface area contributed by atoms with Gasteiger partial charge in [-0.15, -0.1) is 46.4 Å². The molecule has 0 unspecified atom stereocenters. The predicted molar refractivity (Wildman–Crippen MR) is 332 cm³/mol. The maximum absolute atomic E-state index is 11.8. The van der Waals surface area contributed by atoms with Gasteiger partial charge in [-0.1, -0.05) is 167 Å². The Morgan fingerprint density at radius 3 is 0.628 bits per heavy atom. The first-order valence-electron chi connectivity index (χ1n) is 24.5. The van der Waals surface area contributed by atoms with Crippen molar-refractivity contribution in [3.63, 3.8) is 0 Å². The molecule has 0 aliphatic carbocycles. The molecule has 0 fully saturated rings. The van der Waals surface area contributed by atoms with Gasteiger partial charge < -0.3 is 101 Å². The summed E-state index contributed by atoms with van der Waals surface area (Å²) in [6.45, 7) is 0. The van der Waals surface area contributed by atoms with Gasteiger partial charge in [-0.3, -0.25) is 20.0 Å².